The van der Waals surface area contributed by atoms with Crippen molar-refractivity contribution in [3.8, 4) is 5.69 Å². The van der Waals surface area contributed by atoms with Crippen molar-refractivity contribution >= 4 is 33.2 Å². The van der Waals surface area contributed by atoms with Crippen LogP contribution in [0.2, 0.25) is 10.0 Å². The van der Waals surface area contributed by atoms with Crippen molar-refractivity contribution in [1.82, 2.24) is 19.0 Å². The number of benzene rings is 1. The van der Waals surface area contributed by atoms with E-state index in [1.54, 1.807) is 0 Å². The van der Waals surface area contributed by atoms with E-state index in [0.717, 1.165) is 4.68 Å². The minimum Gasteiger partial charge on any atom is -0.304 e. The zero-order valence-electron chi connectivity index (χ0n) is 13.4. The lowest BCUT2D eigenvalue weighted by Gasteiger charge is -2.31. The molecular weight excluding hydrogens is 387 g/mol. The van der Waals surface area contributed by atoms with E-state index >= 15 is 0 Å². The standard InChI is InChI=1S/C15H16Cl2N4O3S/c1-19-6-8-20(9-7-19)25(23,24)12-4-2-11(3-5-12)21-15(22)14(17)13(16)10-18-21/h2-5,10H,6-9H2,1H3. The van der Waals surface area contributed by atoms with Gasteiger partial charge in [-0.15, -0.1) is 0 Å². The monoisotopic (exact) mass is 402 g/mol. The summed E-state index contributed by atoms with van der Waals surface area (Å²) in [7, 11) is -1.60. The van der Waals surface area contributed by atoms with E-state index < -0.39 is 15.6 Å². The number of hydrogen-bond donors (Lipinski definition) is 0. The van der Waals surface area contributed by atoms with Crippen LogP contribution in [-0.4, -0.2) is 60.6 Å². The average molecular weight is 403 g/mol. The molecule has 1 aromatic carbocycles. The van der Waals surface area contributed by atoms with Crippen molar-refractivity contribution in [2.45, 2.75) is 4.90 Å². The quantitative estimate of drug-likeness (QED) is 0.776. The van der Waals surface area contributed by atoms with E-state index in [9.17, 15) is 13.2 Å². The fraction of sp³-hybridized carbons (Fsp3) is 0.333. The second-order valence-electron chi connectivity index (χ2n) is 5.72. The molecule has 0 amide bonds. The Kier molecular flexibility index (Phi) is 5.17. The average Bonchev–Trinajstić information content (AvgIpc) is 2.60. The van der Waals surface area contributed by atoms with Crippen LogP contribution in [0.25, 0.3) is 5.69 Å². The third-order valence-electron chi connectivity index (χ3n) is 4.06. The number of nitrogens with zero attached hydrogens (tertiary/aromatic N) is 4. The van der Waals surface area contributed by atoms with Crippen molar-refractivity contribution in [2.75, 3.05) is 33.2 Å². The molecule has 25 heavy (non-hydrogen) atoms. The summed E-state index contributed by atoms with van der Waals surface area (Å²) in [6.07, 6.45) is 1.26. The largest absolute Gasteiger partial charge is 0.304 e. The fourth-order valence-electron chi connectivity index (χ4n) is 2.53. The Hall–Kier alpha value is -1.45. The summed E-state index contributed by atoms with van der Waals surface area (Å²) in [5.74, 6) is 0. The van der Waals surface area contributed by atoms with Crippen LogP contribution >= 0.6 is 23.2 Å². The van der Waals surface area contributed by atoms with Crippen molar-refractivity contribution in [3.05, 3.63) is 50.9 Å². The van der Waals surface area contributed by atoms with Crippen LogP contribution in [0, 0.1) is 0 Å². The molecule has 0 spiro atoms. The van der Waals surface area contributed by atoms with Gasteiger partial charge in [0.05, 0.1) is 21.8 Å². The van der Waals surface area contributed by atoms with E-state index in [4.69, 9.17) is 23.2 Å². The maximum Gasteiger partial charge on any atom is 0.291 e. The van der Waals surface area contributed by atoms with Gasteiger partial charge in [-0.3, -0.25) is 4.79 Å². The summed E-state index contributed by atoms with van der Waals surface area (Å²) < 4.78 is 27.9. The SMILES string of the molecule is CN1CCN(S(=O)(=O)c2ccc(-n3ncc(Cl)c(Cl)c3=O)cc2)CC1. The molecule has 0 radical (unpaired) electrons. The Morgan fingerprint density at radius 1 is 1.04 bits per heavy atom. The highest BCUT2D eigenvalue weighted by Gasteiger charge is 2.27. The lowest BCUT2D eigenvalue weighted by atomic mass is 10.3. The molecule has 0 saturated carbocycles. The van der Waals surface area contributed by atoms with Crippen LogP contribution in [0.5, 0.6) is 0 Å². The molecule has 0 N–H and O–H groups in total. The van der Waals surface area contributed by atoms with E-state index in [0.29, 0.717) is 31.9 Å². The Bertz CT molecular complexity index is 936. The first kappa shape index (κ1) is 18.3. The van der Waals surface area contributed by atoms with E-state index in [2.05, 4.69) is 10.00 Å². The Morgan fingerprint density at radius 2 is 1.64 bits per heavy atom. The molecule has 0 aliphatic carbocycles. The molecule has 0 unspecified atom stereocenters. The maximum atomic E-state index is 12.7. The summed E-state index contributed by atoms with van der Waals surface area (Å²) >= 11 is 11.6. The molecular formula is C15H16Cl2N4O3S. The molecule has 0 atom stereocenters. The van der Waals surface area contributed by atoms with E-state index in [1.807, 2.05) is 7.05 Å². The molecule has 2 heterocycles. The van der Waals surface area contributed by atoms with Crippen molar-refractivity contribution in [3.63, 3.8) is 0 Å². The van der Waals surface area contributed by atoms with Gasteiger partial charge >= 0.3 is 0 Å². The first-order valence-electron chi connectivity index (χ1n) is 7.53. The number of halogens is 2. The minimum absolute atomic E-state index is 0.0668. The van der Waals surface area contributed by atoms with Gasteiger partial charge in [0.25, 0.3) is 5.56 Å². The first-order valence-corrected chi connectivity index (χ1v) is 9.73. The predicted molar refractivity (Wildman–Crippen MR) is 96.1 cm³/mol. The van der Waals surface area contributed by atoms with Crippen molar-refractivity contribution < 1.29 is 8.42 Å². The maximum absolute atomic E-state index is 12.7. The highest BCUT2D eigenvalue weighted by molar-refractivity contribution is 7.89. The molecule has 7 nitrogen and oxygen atoms in total. The summed E-state index contributed by atoms with van der Waals surface area (Å²) in [5, 5.41) is 3.85. The number of aromatic nitrogens is 2. The Morgan fingerprint density at radius 3 is 2.24 bits per heavy atom. The molecule has 2 aromatic rings. The minimum atomic E-state index is -3.56. The van der Waals surface area contributed by atoms with Gasteiger partial charge < -0.3 is 4.90 Å². The fourth-order valence-corrected chi connectivity index (χ4v) is 4.21. The van der Waals surface area contributed by atoms with Crippen LogP contribution < -0.4 is 5.56 Å². The molecule has 1 saturated heterocycles. The highest BCUT2D eigenvalue weighted by Crippen LogP contribution is 2.20. The van der Waals surface area contributed by atoms with Crippen LogP contribution in [-0.2, 0) is 10.0 Å². The zero-order valence-corrected chi connectivity index (χ0v) is 15.7. The molecule has 10 heteroatoms. The van der Waals surface area contributed by atoms with Gasteiger partial charge in [-0.25, -0.2) is 8.42 Å². The van der Waals surface area contributed by atoms with Gasteiger partial charge in [0.2, 0.25) is 10.0 Å². The third-order valence-corrected chi connectivity index (χ3v) is 6.72. The van der Waals surface area contributed by atoms with Gasteiger partial charge in [0, 0.05) is 26.2 Å². The predicted octanol–water partition coefficient (Wildman–Crippen LogP) is 1.48. The van der Waals surface area contributed by atoms with Gasteiger partial charge in [-0.1, -0.05) is 23.2 Å². The van der Waals surface area contributed by atoms with Gasteiger partial charge in [-0.2, -0.15) is 14.1 Å². The number of likely N-dealkylation sites (N-methyl/N-ethyl adjacent to an activating group) is 1. The van der Waals surface area contributed by atoms with E-state index in [-0.39, 0.29) is 14.9 Å². The molecule has 1 aromatic heterocycles. The number of piperazine rings is 1. The van der Waals surface area contributed by atoms with Crippen molar-refractivity contribution in [2.24, 2.45) is 0 Å². The number of rotatable bonds is 3. The third kappa shape index (κ3) is 3.58. The molecule has 3 rings (SSSR count). The smallest absolute Gasteiger partial charge is 0.291 e. The molecule has 1 aliphatic rings. The number of hydrogen-bond acceptors (Lipinski definition) is 5. The van der Waals surface area contributed by atoms with Gasteiger partial charge in [-0.05, 0) is 31.3 Å². The second kappa shape index (κ2) is 7.05. The summed E-state index contributed by atoms with van der Waals surface area (Å²) in [4.78, 5) is 14.4. The van der Waals surface area contributed by atoms with Crippen LogP contribution in [0.1, 0.15) is 0 Å². The Labute approximate surface area is 155 Å². The number of sulfonamides is 1. The normalized spacial score (nSPS) is 16.9. The highest BCUT2D eigenvalue weighted by atomic mass is 35.5. The van der Waals surface area contributed by atoms with Crippen LogP contribution in [0.4, 0.5) is 0 Å². The molecule has 0 bridgehead atoms. The first-order chi connectivity index (χ1) is 11.8. The summed E-state index contributed by atoms with van der Waals surface area (Å²) in [5.41, 5.74) is -0.162. The van der Waals surface area contributed by atoms with Gasteiger partial charge in [0.15, 0.2) is 0 Å². The topological polar surface area (TPSA) is 75.5 Å². The van der Waals surface area contributed by atoms with Gasteiger partial charge in [0.1, 0.15) is 5.02 Å². The van der Waals surface area contributed by atoms with Crippen molar-refractivity contribution in [1.29, 1.82) is 0 Å². The zero-order chi connectivity index (χ0) is 18.2. The summed E-state index contributed by atoms with van der Waals surface area (Å²) in [6, 6.07) is 5.95. The molecule has 134 valence electrons. The second-order valence-corrected chi connectivity index (χ2v) is 8.45. The van der Waals surface area contributed by atoms with E-state index in [1.165, 1.54) is 34.8 Å². The molecule has 1 fully saturated rings. The lowest BCUT2D eigenvalue weighted by molar-refractivity contribution is 0.222. The summed E-state index contributed by atoms with van der Waals surface area (Å²) in [6.45, 7) is 2.29. The van der Waals surface area contributed by atoms with Crippen LogP contribution in [0.15, 0.2) is 40.2 Å². The van der Waals surface area contributed by atoms with Crippen LogP contribution in [0.3, 0.4) is 0 Å². The Balaban J connectivity index is 1.90. The molecule has 1 aliphatic heterocycles. The lowest BCUT2D eigenvalue weighted by Crippen LogP contribution is -2.47.